The Morgan fingerprint density at radius 2 is 1.80 bits per heavy atom. The van der Waals surface area contributed by atoms with Crippen LogP contribution >= 0.6 is 0 Å². The Labute approximate surface area is 119 Å². The molecule has 0 rings (SSSR count). The van der Waals surface area contributed by atoms with Gasteiger partial charge in [-0.2, -0.15) is 0 Å². The van der Waals surface area contributed by atoms with Crippen LogP contribution in [-0.4, -0.2) is 54.6 Å². The number of carbonyl (C=O) groups excluding carboxylic acids is 2. The number of hydrogen-bond acceptors (Lipinski definition) is 3. The number of rotatable bonds is 7. The maximum Gasteiger partial charge on any atom is 0.326 e. The fourth-order valence-electron chi connectivity index (χ4n) is 1.75. The van der Waals surface area contributed by atoms with Gasteiger partial charge in [0.25, 0.3) is 0 Å². The van der Waals surface area contributed by atoms with Crippen LogP contribution in [0.25, 0.3) is 0 Å². The zero-order valence-corrected chi connectivity index (χ0v) is 12.8. The molecule has 0 aliphatic heterocycles. The highest BCUT2D eigenvalue weighted by molar-refractivity contribution is 5.83. The quantitative estimate of drug-likeness (QED) is 0.635. The van der Waals surface area contributed by atoms with Crippen LogP contribution in [-0.2, 0) is 9.59 Å². The summed E-state index contributed by atoms with van der Waals surface area (Å²) in [5.41, 5.74) is 0. The summed E-state index contributed by atoms with van der Waals surface area (Å²) in [4.78, 5) is 35.8. The van der Waals surface area contributed by atoms with E-state index in [0.717, 1.165) is 0 Å². The van der Waals surface area contributed by atoms with E-state index >= 15 is 0 Å². The van der Waals surface area contributed by atoms with E-state index < -0.39 is 18.0 Å². The van der Waals surface area contributed by atoms with Gasteiger partial charge in [-0.15, -0.1) is 0 Å². The summed E-state index contributed by atoms with van der Waals surface area (Å²) in [6.45, 7) is 5.56. The molecule has 0 spiro atoms. The molecule has 0 fully saturated rings. The maximum atomic E-state index is 11.9. The lowest BCUT2D eigenvalue weighted by Crippen LogP contribution is -2.50. The van der Waals surface area contributed by atoms with Gasteiger partial charge in [-0.05, 0) is 5.92 Å². The SMILES string of the molecule is CCC(C)C(NC(=O)N(C)CC(C)C(=O)NC)C(=O)O. The molecule has 0 aromatic heterocycles. The lowest BCUT2D eigenvalue weighted by atomic mass is 9.99. The van der Waals surface area contributed by atoms with Crippen LogP contribution in [0.2, 0.25) is 0 Å². The van der Waals surface area contributed by atoms with Gasteiger partial charge in [0.2, 0.25) is 5.91 Å². The van der Waals surface area contributed by atoms with E-state index in [4.69, 9.17) is 5.11 Å². The van der Waals surface area contributed by atoms with Crippen molar-refractivity contribution in [2.45, 2.75) is 33.2 Å². The van der Waals surface area contributed by atoms with Crippen LogP contribution in [0.5, 0.6) is 0 Å². The number of hydrogen-bond donors (Lipinski definition) is 3. The Morgan fingerprint density at radius 3 is 2.20 bits per heavy atom. The maximum absolute atomic E-state index is 11.9. The van der Waals surface area contributed by atoms with Crippen LogP contribution in [0.15, 0.2) is 0 Å². The summed E-state index contributed by atoms with van der Waals surface area (Å²) in [6.07, 6.45) is 0.648. The molecule has 7 heteroatoms. The predicted molar refractivity (Wildman–Crippen MR) is 75.3 cm³/mol. The molecule has 3 unspecified atom stereocenters. The third-order valence-corrected chi connectivity index (χ3v) is 3.35. The third kappa shape index (κ3) is 5.46. The molecule has 0 radical (unpaired) electrons. The summed E-state index contributed by atoms with van der Waals surface area (Å²) >= 11 is 0. The number of carbonyl (C=O) groups is 3. The van der Waals surface area contributed by atoms with Crippen molar-refractivity contribution < 1.29 is 19.5 Å². The number of amides is 3. The van der Waals surface area contributed by atoms with Crippen LogP contribution in [0.3, 0.4) is 0 Å². The van der Waals surface area contributed by atoms with Crippen LogP contribution < -0.4 is 10.6 Å². The molecular formula is C13H25N3O4. The third-order valence-electron chi connectivity index (χ3n) is 3.35. The molecule has 0 saturated heterocycles. The molecular weight excluding hydrogens is 262 g/mol. The molecule has 3 N–H and O–H groups in total. The molecule has 0 saturated carbocycles. The number of nitrogens with zero attached hydrogens (tertiary/aromatic N) is 1. The topological polar surface area (TPSA) is 98.7 Å². The molecule has 0 aromatic rings. The Bertz CT molecular complexity index is 360. The van der Waals surface area contributed by atoms with Crippen LogP contribution in [0.4, 0.5) is 4.79 Å². The predicted octanol–water partition coefficient (Wildman–Crippen LogP) is 0.509. The second-order valence-electron chi connectivity index (χ2n) is 5.05. The number of carboxylic acid groups (broad SMARTS) is 1. The number of urea groups is 1. The van der Waals surface area contributed by atoms with Gasteiger partial charge in [0.05, 0.1) is 5.92 Å². The van der Waals surface area contributed by atoms with Gasteiger partial charge >= 0.3 is 12.0 Å². The second-order valence-corrected chi connectivity index (χ2v) is 5.05. The molecule has 0 aliphatic rings. The van der Waals surface area contributed by atoms with E-state index in [1.165, 1.54) is 19.0 Å². The second kappa shape index (κ2) is 8.39. The molecule has 3 amide bonds. The minimum atomic E-state index is -1.06. The first-order valence-corrected chi connectivity index (χ1v) is 6.70. The summed E-state index contributed by atoms with van der Waals surface area (Å²) in [5.74, 6) is -1.74. The smallest absolute Gasteiger partial charge is 0.326 e. The van der Waals surface area contributed by atoms with Crippen molar-refractivity contribution in [3.8, 4) is 0 Å². The van der Waals surface area contributed by atoms with E-state index in [1.54, 1.807) is 13.8 Å². The van der Waals surface area contributed by atoms with E-state index in [9.17, 15) is 14.4 Å². The highest BCUT2D eigenvalue weighted by Gasteiger charge is 2.27. The number of nitrogens with one attached hydrogen (secondary N) is 2. The molecule has 0 aliphatic carbocycles. The van der Waals surface area contributed by atoms with E-state index in [1.807, 2.05) is 6.92 Å². The molecule has 20 heavy (non-hydrogen) atoms. The lowest BCUT2D eigenvalue weighted by molar-refractivity contribution is -0.140. The van der Waals surface area contributed by atoms with Crippen molar-refractivity contribution in [3.05, 3.63) is 0 Å². The van der Waals surface area contributed by atoms with Gasteiger partial charge in [-0.3, -0.25) is 4.79 Å². The van der Waals surface area contributed by atoms with Crippen LogP contribution in [0.1, 0.15) is 27.2 Å². The van der Waals surface area contributed by atoms with Crippen molar-refractivity contribution in [1.29, 1.82) is 0 Å². The first kappa shape index (κ1) is 18.2. The van der Waals surface area contributed by atoms with Gasteiger partial charge < -0.3 is 20.6 Å². The molecule has 3 atom stereocenters. The van der Waals surface area contributed by atoms with Crippen molar-refractivity contribution in [2.75, 3.05) is 20.6 Å². The zero-order chi connectivity index (χ0) is 15.9. The summed E-state index contributed by atoms with van der Waals surface area (Å²) in [6, 6.07) is -1.42. The monoisotopic (exact) mass is 287 g/mol. The Hall–Kier alpha value is -1.79. The first-order chi connectivity index (χ1) is 9.24. The summed E-state index contributed by atoms with van der Waals surface area (Å²) < 4.78 is 0. The highest BCUT2D eigenvalue weighted by Crippen LogP contribution is 2.08. The average Bonchev–Trinajstić information content (AvgIpc) is 2.41. The average molecular weight is 287 g/mol. The fourth-order valence-corrected chi connectivity index (χ4v) is 1.75. The largest absolute Gasteiger partial charge is 0.480 e. The van der Waals surface area contributed by atoms with Crippen molar-refractivity contribution in [1.82, 2.24) is 15.5 Å². The minimum absolute atomic E-state index is 0.165. The molecule has 116 valence electrons. The zero-order valence-electron chi connectivity index (χ0n) is 12.8. The van der Waals surface area contributed by atoms with E-state index in [0.29, 0.717) is 6.42 Å². The number of carboxylic acids is 1. The van der Waals surface area contributed by atoms with Crippen molar-refractivity contribution >= 4 is 17.9 Å². The number of aliphatic carboxylic acids is 1. The molecule has 0 bridgehead atoms. The van der Waals surface area contributed by atoms with E-state index in [-0.39, 0.29) is 24.3 Å². The normalized spacial score (nSPS) is 14.8. The Morgan fingerprint density at radius 1 is 1.25 bits per heavy atom. The standard InChI is InChI=1S/C13H25N3O4/c1-6-8(2)10(12(18)19)15-13(20)16(5)7-9(3)11(17)14-4/h8-10H,6-7H2,1-5H3,(H,14,17)(H,15,20)(H,18,19). The lowest BCUT2D eigenvalue weighted by Gasteiger charge is -2.25. The van der Waals surface area contributed by atoms with Crippen LogP contribution in [0, 0.1) is 11.8 Å². The van der Waals surface area contributed by atoms with Crippen molar-refractivity contribution in [2.24, 2.45) is 11.8 Å². The Balaban J connectivity index is 4.57. The Kier molecular flexibility index (Phi) is 7.64. The van der Waals surface area contributed by atoms with Gasteiger partial charge in [0.15, 0.2) is 0 Å². The molecule has 0 aromatic carbocycles. The van der Waals surface area contributed by atoms with Gasteiger partial charge in [-0.1, -0.05) is 27.2 Å². The molecule has 7 nitrogen and oxygen atoms in total. The fraction of sp³-hybridized carbons (Fsp3) is 0.769. The minimum Gasteiger partial charge on any atom is -0.480 e. The van der Waals surface area contributed by atoms with Gasteiger partial charge in [0.1, 0.15) is 6.04 Å². The summed E-state index contributed by atoms with van der Waals surface area (Å²) in [5, 5.41) is 14.1. The highest BCUT2D eigenvalue weighted by atomic mass is 16.4. The van der Waals surface area contributed by atoms with Gasteiger partial charge in [-0.25, -0.2) is 9.59 Å². The molecule has 0 heterocycles. The van der Waals surface area contributed by atoms with Crippen molar-refractivity contribution in [3.63, 3.8) is 0 Å². The van der Waals surface area contributed by atoms with E-state index in [2.05, 4.69) is 10.6 Å². The summed E-state index contributed by atoms with van der Waals surface area (Å²) in [7, 11) is 3.06. The first-order valence-electron chi connectivity index (χ1n) is 6.70. The van der Waals surface area contributed by atoms with Gasteiger partial charge in [0, 0.05) is 20.6 Å².